The van der Waals surface area contributed by atoms with Gasteiger partial charge in [-0.05, 0) is 36.0 Å². The first kappa shape index (κ1) is 12.7. The minimum absolute atomic E-state index is 0.0860. The maximum absolute atomic E-state index is 9.87. The van der Waals surface area contributed by atoms with Crippen molar-refractivity contribution < 1.29 is 5.11 Å². The molecule has 0 spiro atoms. The van der Waals surface area contributed by atoms with E-state index < -0.39 is 0 Å². The third-order valence-corrected chi connectivity index (χ3v) is 5.58. The van der Waals surface area contributed by atoms with Crippen molar-refractivity contribution in [1.29, 1.82) is 0 Å². The Bertz CT molecular complexity index is 408. The summed E-state index contributed by atoms with van der Waals surface area (Å²) in [5.74, 6) is 1.58. The van der Waals surface area contributed by atoms with E-state index in [1.165, 1.54) is 44.1 Å². The average molecular weight is 309 g/mol. The quantitative estimate of drug-likeness (QED) is 0.883. The van der Waals surface area contributed by atoms with Gasteiger partial charge < -0.3 is 5.11 Å². The van der Waals surface area contributed by atoms with Crippen LogP contribution < -0.4 is 0 Å². The van der Waals surface area contributed by atoms with Gasteiger partial charge in [-0.15, -0.1) is 0 Å². The molecule has 0 aromatic heterocycles. The number of aliphatic hydroxyl groups excluding tert-OH is 1. The van der Waals surface area contributed by atoms with E-state index in [4.69, 9.17) is 0 Å². The van der Waals surface area contributed by atoms with Crippen molar-refractivity contribution in [1.82, 2.24) is 0 Å². The number of rotatable bonds is 3. The molecule has 0 aliphatic heterocycles. The second-order valence-electron chi connectivity index (χ2n) is 6.03. The van der Waals surface area contributed by atoms with Crippen LogP contribution in [0.15, 0.2) is 28.7 Å². The largest absolute Gasteiger partial charge is 0.395 e. The Morgan fingerprint density at radius 1 is 1.11 bits per heavy atom. The molecule has 2 heteroatoms. The molecule has 2 unspecified atom stereocenters. The van der Waals surface area contributed by atoms with Crippen molar-refractivity contribution in [2.75, 3.05) is 6.61 Å². The van der Waals surface area contributed by atoms with Crippen LogP contribution in [-0.4, -0.2) is 11.7 Å². The lowest BCUT2D eigenvalue weighted by Crippen LogP contribution is -2.21. The summed E-state index contributed by atoms with van der Waals surface area (Å²) in [5, 5.41) is 9.87. The molecule has 18 heavy (non-hydrogen) atoms. The molecule has 1 aromatic carbocycles. The molecule has 2 fully saturated rings. The third-order valence-electron chi connectivity index (χ3n) is 5.05. The van der Waals surface area contributed by atoms with Gasteiger partial charge in [-0.3, -0.25) is 0 Å². The molecule has 1 aromatic rings. The third kappa shape index (κ3) is 2.14. The number of benzene rings is 1. The first-order chi connectivity index (χ1) is 8.76. The van der Waals surface area contributed by atoms with Crippen LogP contribution in [-0.2, 0) is 5.41 Å². The van der Waals surface area contributed by atoms with E-state index in [0.717, 1.165) is 16.3 Å². The molecular formula is C16H21BrO. The van der Waals surface area contributed by atoms with E-state index in [1.54, 1.807) is 0 Å². The van der Waals surface area contributed by atoms with E-state index >= 15 is 0 Å². The Labute approximate surface area is 118 Å². The van der Waals surface area contributed by atoms with Crippen molar-refractivity contribution in [3.05, 3.63) is 34.3 Å². The van der Waals surface area contributed by atoms with E-state index in [0.29, 0.717) is 6.61 Å². The molecule has 98 valence electrons. The van der Waals surface area contributed by atoms with Gasteiger partial charge in [0.1, 0.15) is 0 Å². The highest BCUT2D eigenvalue weighted by Crippen LogP contribution is 2.60. The second-order valence-corrected chi connectivity index (χ2v) is 6.95. The molecule has 0 amide bonds. The van der Waals surface area contributed by atoms with E-state index in [2.05, 4.69) is 40.2 Å². The van der Waals surface area contributed by atoms with Crippen LogP contribution in [0.25, 0.3) is 0 Å². The molecular weight excluding hydrogens is 288 g/mol. The first-order valence-corrected chi connectivity index (χ1v) is 7.92. The summed E-state index contributed by atoms with van der Waals surface area (Å²) in [6, 6.07) is 8.57. The molecule has 3 rings (SSSR count). The SMILES string of the molecule is OCC1(c2ccc(Br)cc2)CC1C1CCCCC1. The molecule has 1 N–H and O–H groups in total. The van der Waals surface area contributed by atoms with Crippen LogP contribution >= 0.6 is 15.9 Å². The summed E-state index contributed by atoms with van der Waals surface area (Å²) >= 11 is 3.48. The fraction of sp³-hybridized carbons (Fsp3) is 0.625. The Kier molecular flexibility index (Phi) is 3.50. The van der Waals surface area contributed by atoms with Crippen molar-refractivity contribution >= 4 is 15.9 Å². The normalized spacial score (nSPS) is 32.4. The molecule has 2 aliphatic rings. The number of hydrogen-bond donors (Lipinski definition) is 1. The van der Waals surface area contributed by atoms with Crippen LogP contribution in [0.1, 0.15) is 44.1 Å². The standard InChI is InChI=1S/C16H21BrO/c17-14-8-6-13(7-9-14)16(11-18)10-15(16)12-4-2-1-3-5-12/h6-9,12,15,18H,1-5,10-11H2. The van der Waals surface area contributed by atoms with Crippen LogP contribution in [0, 0.1) is 11.8 Å². The van der Waals surface area contributed by atoms with Gasteiger partial charge in [-0.25, -0.2) is 0 Å². The maximum atomic E-state index is 9.87. The number of halogens is 1. The fourth-order valence-electron chi connectivity index (χ4n) is 3.87. The van der Waals surface area contributed by atoms with Crippen LogP contribution in [0.5, 0.6) is 0 Å². The van der Waals surface area contributed by atoms with Crippen LogP contribution in [0.3, 0.4) is 0 Å². The lowest BCUT2D eigenvalue weighted by molar-refractivity contribution is 0.218. The topological polar surface area (TPSA) is 20.2 Å². The first-order valence-electron chi connectivity index (χ1n) is 7.13. The van der Waals surface area contributed by atoms with Crippen molar-refractivity contribution in [3.8, 4) is 0 Å². The zero-order valence-corrected chi connectivity index (χ0v) is 12.3. The van der Waals surface area contributed by atoms with E-state index in [9.17, 15) is 5.11 Å². The Morgan fingerprint density at radius 2 is 1.78 bits per heavy atom. The van der Waals surface area contributed by atoms with Crippen molar-refractivity contribution in [3.63, 3.8) is 0 Å². The molecule has 1 nitrogen and oxygen atoms in total. The zero-order valence-electron chi connectivity index (χ0n) is 10.7. The zero-order chi connectivity index (χ0) is 12.6. The minimum Gasteiger partial charge on any atom is -0.395 e. The highest BCUT2D eigenvalue weighted by atomic mass is 79.9. The molecule has 2 atom stereocenters. The summed E-state index contributed by atoms with van der Waals surface area (Å²) < 4.78 is 1.12. The van der Waals surface area contributed by atoms with Gasteiger partial charge in [0.15, 0.2) is 0 Å². The van der Waals surface area contributed by atoms with Crippen LogP contribution in [0.4, 0.5) is 0 Å². The monoisotopic (exact) mass is 308 g/mol. The smallest absolute Gasteiger partial charge is 0.0530 e. The summed E-state index contributed by atoms with van der Waals surface area (Å²) in [6.45, 7) is 0.315. The summed E-state index contributed by atoms with van der Waals surface area (Å²) in [6.07, 6.45) is 8.14. The highest BCUT2D eigenvalue weighted by Gasteiger charge is 2.57. The van der Waals surface area contributed by atoms with Gasteiger partial charge in [0.2, 0.25) is 0 Å². The Morgan fingerprint density at radius 3 is 2.39 bits per heavy atom. The van der Waals surface area contributed by atoms with Gasteiger partial charge in [0.25, 0.3) is 0 Å². The lowest BCUT2D eigenvalue weighted by Gasteiger charge is -2.25. The van der Waals surface area contributed by atoms with Crippen molar-refractivity contribution in [2.45, 2.75) is 43.9 Å². The molecule has 2 aliphatic carbocycles. The van der Waals surface area contributed by atoms with Crippen molar-refractivity contribution in [2.24, 2.45) is 11.8 Å². The summed E-state index contributed by atoms with van der Waals surface area (Å²) in [7, 11) is 0. The summed E-state index contributed by atoms with van der Waals surface area (Å²) in [4.78, 5) is 0. The predicted octanol–water partition coefficient (Wildman–Crippen LogP) is 4.28. The molecule has 0 heterocycles. The lowest BCUT2D eigenvalue weighted by atomic mass is 9.81. The fourth-order valence-corrected chi connectivity index (χ4v) is 4.14. The Hall–Kier alpha value is -0.340. The molecule has 0 saturated heterocycles. The van der Waals surface area contributed by atoms with Crippen LogP contribution in [0.2, 0.25) is 0 Å². The Balaban J connectivity index is 1.78. The highest BCUT2D eigenvalue weighted by molar-refractivity contribution is 9.10. The van der Waals surface area contributed by atoms with E-state index in [-0.39, 0.29) is 5.41 Å². The van der Waals surface area contributed by atoms with E-state index in [1.807, 2.05) is 0 Å². The van der Waals surface area contributed by atoms with Gasteiger partial charge >= 0.3 is 0 Å². The van der Waals surface area contributed by atoms with Gasteiger partial charge in [0, 0.05) is 9.89 Å². The maximum Gasteiger partial charge on any atom is 0.0530 e. The molecule has 0 radical (unpaired) electrons. The molecule has 2 saturated carbocycles. The van der Waals surface area contributed by atoms with Gasteiger partial charge in [-0.1, -0.05) is 60.2 Å². The summed E-state index contributed by atoms with van der Waals surface area (Å²) in [5.41, 5.74) is 1.42. The van der Waals surface area contributed by atoms with Gasteiger partial charge in [-0.2, -0.15) is 0 Å². The second kappa shape index (κ2) is 4.97. The number of hydrogen-bond acceptors (Lipinski definition) is 1. The number of aliphatic hydroxyl groups is 1. The minimum atomic E-state index is 0.0860. The molecule has 0 bridgehead atoms. The van der Waals surface area contributed by atoms with Gasteiger partial charge in [0.05, 0.1) is 6.61 Å². The predicted molar refractivity (Wildman–Crippen MR) is 77.6 cm³/mol. The average Bonchev–Trinajstić information content (AvgIpc) is 3.17.